The summed E-state index contributed by atoms with van der Waals surface area (Å²) in [6.45, 7) is 7.29. The summed E-state index contributed by atoms with van der Waals surface area (Å²) in [5.41, 5.74) is 0.300. The second kappa shape index (κ2) is 11.7. The van der Waals surface area contributed by atoms with Crippen molar-refractivity contribution >= 4 is 50.6 Å². The summed E-state index contributed by atoms with van der Waals surface area (Å²) in [5.74, 6) is -2.69. The predicted octanol–water partition coefficient (Wildman–Crippen LogP) is 4.41. The molecule has 11 heteroatoms. The number of carboxylic acid groups (broad SMARTS) is 1. The summed E-state index contributed by atoms with van der Waals surface area (Å²) >= 11 is 5.85. The van der Waals surface area contributed by atoms with Gasteiger partial charge < -0.3 is 25.6 Å². The summed E-state index contributed by atoms with van der Waals surface area (Å²) in [4.78, 5) is 24.8. The number of halogens is 1. The molecule has 38 heavy (non-hydrogen) atoms. The molecule has 0 heterocycles. The van der Waals surface area contributed by atoms with E-state index in [1.165, 1.54) is 36.4 Å². The van der Waals surface area contributed by atoms with Crippen molar-refractivity contribution in [2.24, 2.45) is 5.92 Å². The third kappa shape index (κ3) is 6.56. The van der Waals surface area contributed by atoms with E-state index in [2.05, 4.69) is 15.4 Å². The number of carbonyl (C=O) groups is 2. The molecule has 1 unspecified atom stereocenters. The Balaban J connectivity index is 1.95. The summed E-state index contributed by atoms with van der Waals surface area (Å²) in [6, 6.07) is 13.7. The normalized spacial score (nSPS) is 12.3. The number of phenolic OH excluding ortho intramolecular Hbond substituents is 1. The fourth-order valence-electron chi connectivity index (χ4n) is 3.86. The molecule has 1 atom stereocenters. The molecule has 0 saturated carbocycles. The molecule has 0 aliphatic heterocycles. The van der Waals surface area contributed by atoms with Crippen molar-refractivity contribution < 1.29 is 28.2 Å². The fraction of sp³-hybridized carbons (Fsp3) is 0.259. The van der Waals surface area contributed by atoms with Crippen LogP contribution in [0.3, 0.4) is 0 Å². The first kappa shape index (κ1) is 28.8. The van der Waals surface area contributed by atoms with Gasteiger partial charge in [-0.25, -0.2) is 8.42 Å². The Labute approximate surface area is 226 Å². The van der Waals surface area contributed by atoms with E-state index in [1.54, 1.807) is 32.0 Å². The van der Waals surface area contributed by atoms with Gasteiger partial charge in [0.25, 0.3) is 10.0 Å². The largest absolute Gasteiger partial charge is 0.545 e. The number of amides is 1. The molecular weight excluding hydrogens is 530 g/mol. The van der Waals surface area contributed by atoms with Gasteiger partial charge in [0.1, 0.15) is 11.8 Å². The molecule has 1 amide bonds. The molecule has 0 bridgehead atoms. The lowest BCUT2D eigenvalue weighted by molar-refractivity contribution is -0.255. The van der Waals surface area contributed by atoms with Gasteiger partial charge >= 0.3 is 0 Å². The Hall–Kier alpha value is -3.76. The number of aromatic carboxylic acids is 1. The summed E-state index contributed by atoms with van der Waals surface area (Å²) in [6.07, 6.45) is 0. The van der Waals surface area contributed by atoms with Crippen LogP contribution >= 0.6 is 11.6 Å². The molecule has 3 rings (SSSR count). The lowest BCUT2D eigenvalue weighted by Crippen LogP contribution is -2.40. The van der Waals surface area contributed by atoms with Crippen molar-refractivity contribution in [3.8, 4) is 5.75 Å². The van der Waals surface area contributed by atoms with Crippen molar-refractivity contribution in [3.05, 3.63) is 76.8 Å². The lowest BCUT2D eigenvalue weighted by atomic mass is 10.00. The van der Waals surface area contributed by atoms with Crippen molar-refractivity contribution in [2.45, 2.75) is 44.6 Å². The van der Waals surface area contributed by atoms with Crippen LogP contribution in [0.2, 0.25) is 5.02 Å². The number of aromatic hydroxyl groups is 1. The van der Waals surface area contributed by atoms with Crippen LogP contribution < -0.4 is 20.5 Å². The minimum Gasteiger partial charge on any atom is -0.545 e. The van der Waals surface area contributed by atoms with E-state index in [0.717, 1.165) is 6.07 Å². The molecule has 0 aliphatic rings. The maximum Gasteiger partial charge on any atom is 0.262 e. The van der Waals surface area contributed by atoms with Gasteiger partial charge in [0, 0.05) is 22.0 Å². The summed E-state index contributed by atoms with van der Waals surface area (Å²) in [7, 11) is -4.36. The van der Waals surface area contributed by atoms with E-state index in [4.69, 9.17) is 11.6 Å². The topological polar surface area (TPSA) is 148 Å². The highest BCUT2D eigenvalue weighted by molar-refractivity contribution is 7.92. The maximum atomic E-state index is 13.2. The van der Waals surface area contributed by atoms with Crippen LogP contribution in [0.1, 0.15) is 49.5 Å². The highest BCUT2D eigenvalue weighted by Gasteiger charge is 2.27. The third-order valence-corrected chi connectivity index (χ3v) is 7.50. The monoisotopic (exact) mass is 558 g/mol. The molecule has 0 spiro atoms. The molecule has 0 saturated heterocycles. The first-order valence-electron chi connectivity index (χ1n) is 11.8. The van der Waals surface area contributed by atoms with Crippen LogP contribution in [0.15, 0.2) is 65.6 Å². The van der Waals surface area contributed by atoms with Crippen LogP contribution in [-0.4, -0.2) is 31.4 Å². The summed E-state index contributed by atoms with van der Waals surface area (Å²) in [5, 5.41) is 28.7. The van der Waals surface area contributed by atoms with E-state index in [0.29, 0.717) is 10.6 Å². The Morgan fingerprint density at radius 3 is 2.11 bits per heavy atom. The molecule has 3 aromatic rings. The van der Waals surface area contributed by atoms with Gasteiger partial charge in [-0.2, -0.15) is 0 Å². The first-order chi connectivity index (χ1) is 17.8. The minimum atomic E-state index is -4.36. The van der Waals surface area contributed by atoms with E-state index in [9.17, 15) is 28.2 Å². The number of sulfonamides is 1. The van der Waals surface area contributed by atoms with Gasteiger partial charge in [0.15, 0.2) is 0 Å². The fourth-order valence-corrected chi connectivity index (χ4v) is 5.26. The smallest absolute Gasteiger partial charge is 0.262 e. The van der Waals surface area contributed by atoms with Gasteiger partial charge in [0.05, 0.1) is 16.6 Å². The number of anilines is 3. The number of benzene rings is 3. The number of rotatable bonds is 10. The second-order valence-electron chi connectivity index (χ2n) is 9.33. The van der Waals surface area contributed by atoms with Crippen molar-refractivity contribution in [2.75, 3.05) is 15.4 Å². The third-order valence-electron chi connectivity index (χ3n) is 5.82. The number of hydrogen-bond donors (Lipinski definition) is 4. The molecule has 0 aromatic heterocycles. The molecule has 0 fully saturated rings. The highest BCUT2D eigenvalue weighted by Crippen LogP contribution is 2.33. The van der Waals surface area contributed by atoms with Crippen molar-refractivity contribution in [1.82, 2.24) is 0 Å². The zero-order valence-corrected chi connectivity index (χ0v) is 22.9. The first-order valence-corrected chi connectivity index (χ1v) is 13.7. The Morgan fingerprint density at radius 2 is 1.53 bits per heavy atom. The Bertz CT molecular complexity index is 1440. The quantitative estimate of drug-likeness (QED) is 0.269. The SMILES string of the molecule is CC(C)c1cccc(NC(=O)C(Nc2cccc(S(=O)(=O)Nc3ccc(Cl)cc3)c2C(=O)[O-])C(C)C)c1O. The second-order valence-corrected chi connectivity index (χ2v) is 11.4. The zero-order chi connectivity index (χ0) is 28.2. The van der Waals surface area contributed by atoms with Crippen LogP contribution in [0, 0.1) is 5.92 Å². The molecule has 202 valence electrons. The molecule has 0 radical (unpaired) electrons. The van der Waals surface area contributed by atoms with E-state index >= 15 is 0 Å². The standard InChI is InChI=1S/C27H30ClN3O6S/c1-15(2)19-7-5-9-21(25(19)32)30-26(33)24(16(3)4)29-20-8-6-10-22(23(20)27(34)35)38(36,37)31-18-13-11-17(28)12-14-18/h5-16,24,29,31-32H,1-4H3,(H,30,33)(H,34,35)/p-1. The van der Waals surface area contributed by atoms with Crippen LogP contribution in [-0.2, 0) is 14.8 Å². The van der Waals surface area contributed by atoms with Gasteiger partial charge in [-0.3, -0.25) is 9.52 Å². The number of carbonyl (C=O) groups excluding carboxylic acids is 2. The number of phenols is 1. The Kier molecular flexibility index (Phi) is 8.90. The van der Waals surface area contributed by atoms with E-state index < -0.39 is 38.4 Å². The number of hydrogen-bond acceptors (Lipinski definition) is 7. The van der Waals surface area contributed by atoms with Crippen LogP contribution in [0.25, 0.3) is 0 Å². The molecular formula is C27H29ClN3O6S-. The summed E-state index contributed by atoms with van der Waals surface area (Å²) < 4.78 is 28.5. The van der Waals surface area contributed by atoms with Gasteiger partial charge in [-0.15, -0.1) is 0 Å². The van der Waals surface area contributed by atoms with Crippen LogP contribution in [0.5, 0.6) is 5.75 Å². The molecule has 0 aliphatic carbocycles. The van der Waals surface area contributed by atoms with Crippen molar-refractivity contribution in [3.63, 3.8) is 0 Å². The van der Waals surface area contributed by atoms with E-state index in [-0.39, 0.29) is 34.6 Å². The number of nitrogens with one attached hydrogen (secondary N) is 3. The molecule has 4 N–H and O–H groups in total. The minimum absolute atomic E-state index is 0.0164. The molecule has 3 aromatic carbocycles. The van der Waals surface area contributed by atoms with Gasteiger partial charge in [0.2, 0.25) is 5.91 Å². The number of carboxylic acids is 1. The highest BCUT2D eigenvalue weighted by atomic mass is 35.5. The van der Waals surface area contributed by atoms with Crippen LogP contribution in [0.4, 0.5) is 17.1 Å². The lowest BCUT2D eigenvalue weighted by Gasteiger charge is -2.26. The predicted molar refractivity (Wildman–Crippen MR) is 146 cm³/mol. The van der Waals surface area contributed by atoms with E-state index in [1.807, 2.05) is 13.8 Å². The number of para-hydroxylation sites is 1. The average molecular weight is 559 g/mol. The van der Waals surface area contributed by atoms with Crippen molar-refractivity contribution in [1.29, 1.82) is 0 Å². The zero-order valence-electron chi connectivity index (χ0n) is 21.3. The van der Waals surface area contributed by atoms with Gasteiger partial charge in [-0.1, -0.05) is 57.5 Å². The average Bonchev–Trinajstić information content (AvgIpc) is 2.84. The maximum absolute atomic E-state index is 13.2. The Morgan fingerprint density at radius 1 is 0.921 bits per heavy atom. The molecule has 9 nitrogen and oxygen atoms in total. The van der Waals surface area contributed by atoms with Gasteiger partial charge in [-0.05, 0) is 59.9 Å².